The van der Waals surface area contributed by atoms with Crippen molar-refractivity contribution in [3.8, 4) is 0 Å². The maximum atomic E-state index is 12.5. The topological polar surface area (TPSA) is 46.1 Å². The Hall–Kier alpha value is -3.28. The van der Waals surface area contributed by atoms with Gasteiger partial charge in [0.25, 0.3) is 0 Å². The van der Waals surface area contributed by atoms with Crippen molar-refractivity contribution in [2.45, 2.75) is 71.7 Å². The van der Waals surface area contributed by atoms with Crippen molar-refractivity contribution in [2.75, 3.05) is 11.9 Å². The van der Waals surface area contributed by atoms with Gasteiger partial charge in [-0.2, -0.15) is 0 Å². The van der Waals surface area contributed by atoms with Gasteiger partial charge in [0.1, 0.15) is 0 Å². The lowest BCUT2D eigenvalue weighted by atomic mass is 10.1. The molecule has 39 heavy (non-hydrogen) atoms. The smallest absolute Gasteiger partial charge is 0.224 e. The molecule has 0 aliphatic carbocycles. The zero-order valence-electron chi connectivity index (χ0n) is 24.1. The summed E-state index contributed by atoms with van der Waals surface area (Å²) >= 11 is 1.69. The van der Waals surface area contributed by atoms with Crippen molar-refractivity contribution in [3.05, 3.63) is 84.9 Å². The highest BCUT2D eigenvalue weighted by Gasteiger charge is 2.11. The van der Waals surface area contributed by atoms with Crippen molar-refractivity contribution in [2.24, 2.45) is 0 Å². The van der Waals surface area contributed by atoms with Gasteiger partial charge in [-0.15, -0.1) is 0 Å². The second kappa shape index (κ2) is 16.0. The Balaban J connectivity index is 0.00000100. The van der Waals surface area contributed by atoms with Crippen LogP contribution >= 0.6 is 11.9 Å². The second-order valence-electron chi connectivity index (χ2n) is 8.83. The van der Waals surface area contributed by atoms with E-state index >= 15 is 0 Å². The summed E-state index contributed by atoms with van der Waals surface area (Å²) in [5.74, 6) is 0.0849. The number of nitrogens with zero attached hydrogens (tertiary/aromatic N) is 1. The molecule has 0 unspecified atom stereocenters. The number of anilines is 1. The third-order valence-electron chi connectivity index (χ3n) is 6.49. The van der Waals surface area contributed by atoms with E-state index in [2.05, 4.69) is 100 Å². The van der Waals surface area contributed by atoms with E-state index in [9.17, 15) is 4.79 Å². The summed E-state index contributed by atoms with van der Waals surface area (Å²) in [6, 6.07) is 29.6. The number of hydrogen-bond donors (Lipinski definition) is 2. The van der Waals surface area contributed by atoms with Crippen LogP contribution in [0.3, 0.4) is 0 Å². The lowest BCUT2D eigenvalue weighted by Crippen LogP contribution is -2.11. The predicted molar refractivity (Wildman–Crippen MR) is 173 cm³/mol. The molecule has 1 aromatic heterocycles. The van der Waals surface area contributed by atoms with Crippen LogP contribution in [-0.2, 0) is 11.3 Å². The maximum absolute atomic E-state index is 12.5. The van der Waals surface area contributed by atoms with E-state index in [1.807, 2.05) is 33.8 Å². The third-order valence-corrected chi connectivity index (χ3v) is 7.41. The fraction of sp³-hybridized carbons (Fsp3) is 0.324. The molecular weight excluding hydrogens is 498 g/mol. The fourth-order valence-corrected chi connectivity index (χ4v) is 5.61. The summed E-state index contributed by atoms with van der Waals surface area (Å²) in [6.45, 7) is 12.0. The van der Waals surface area contributed by atoms with Gasteiger partial charge in [-0.25, -0.2) is 0 Å². The first-order valence-corrected chi connectivity index (χ1v) is 15.2. The highest BCUT2D eigenvalue weighted by atomic mass is 32.2. The Kier molecular flexibility index (Phi) is 12.4. The molecule has 5 aromatic rings. The summed E-state index contributed by atoms with van der Waals surface area (Å²) in [4.78, 5) is 13.8. The molecule has 2 N–H and O–H groups in total. The maximum Gasteiger partial charge on any atom is 0.224 e. The molecule has 5 rings (SSSR count). The third kappa shape index (κ3) is 7.65. The molecule has 5 heteroatoms. The number of rotatable bonds is 10. The Morgan fingerprint density at radius 3 is 2.23 bits per heavy atom. The number of para-hydroxylation sites is 1. The molecule has 0 aliphatic heterocycles. The van der Waals surface area contributed by atoms with Crippen LogP contribution in [0, 0.1) is 0 Å². The molecule has 0 saturated heterocycles. The van der Waals surface area contributed by atoms with Crippen molar-refractivity contribution in [3.63, 3.8) is 0 Å². The normalized spacial score (nSPS) is 10.6. The SMILES string of the molecule is CC.CC.CCn1c2ccccc2c2cc(NC(=O)CCCCCNSc3cccc4ccccc34)ccc21. The molecule has 0 fully saturated rings. The van der Waals surface area contributed by atoms with Crippen molar-refractivity contribution < 1.29 is 4.79 Å². The standard InChI is InChI=1S/C30H31N3OS.2C2H6/c1-2-33-27-15-8-7-14-25(27)26-21-23(18-19-28(26)33)32-30(34)17-4-3-9-20-31-35-29-16-10-12-22-11-5-6-13-24(22)29;2*1-2/h5-8,10-16,18-19,21,31H,2-4,9,17,20H2,1H3,(H,32,34);2*1-2H3. The number of benzene rings is 4. The zero-order chi connectivity index (χ0) is 28.0. The summed E-state index contributed by atoms with van der Waals surface area (Å²) in [5, 5.41) is 8.06. The number of fused-ring (bicyclic) bond motifs is 4. The molecule has 1 heterocycles. The summed E-state index contributed by atoms with van der Waals surface area (Å²) in [7, 11) is 0. The number of carbonyl (C=O) groups is 1. The number of aryl methyl sites for hydroxylation is 1. The van der Waals surface area contributed by atoms with Gasteiger partial charge in [0.2, 0.25) is 5.91 Å². The molecule has 0 spiro atoms. The number of aromatic nitrogens is 1. The van der Waals surface area contributed by atoms with Crippen molar-refractivity contribution in [1.29, 1.82) is 0 Å². The Morgan fingerprint density at radius 2 is 1.44 bits per heavy atom. The molecule has 0 bridgehead atoms. The lowest BCUT2D eigenvalue weighted by molar-refractivity contribution is -0.116. The summed E-state index contributed by atoms with van der Waals surface area (Å²) in [6.07, 6.45) is 3.52. The molecule has 0 atom stereocenters. The van der Waals surface area contributed by atoms with Gasteiger partial charge in [0, 0.05) is 51.9 Å². The van der Waals surface area contributed by atoms with E-state index in [4.69, 9.17) is 0 Å². The van der Waals surface area contributed by atoms with Crippen molar-refractivity contribution >= 4 is 56.1 Å². The highest BCUT2D eigenvalue weighted by molar-refractivity contribution is 7.97. The molecule has 4 nitrogen and oxygen atoms in total. The van der Waals surface area contributed by atoms with Gasteiger partial charge < -0.3 is 9.88 Å². The van der Waals surface area contributed by atoms with Gasteiger partial charge in [-0.05, 0) is 72.8 Å². The first kappa shape index (κ1) is 30.3. The first-order valence-electron chi connectivity index (χ1n) is 14.4. The average molecular weight is 542 g/mol. The molecule has 0 radical (unpaired) electrons. The first-order chi connectivity index (χ1) is 19.2. The predicted octanol–water partition coefficient (Wildman–Crippen LogP) is 9.82. The van der Waals surface area contributed by atoms with E-state index in [-0.39, 0.29) is 5.91 Å². The molecule has 0 aliphatic rings. The quantitative estimate of drug-likeness (QED) is 0.137. The van der Waals surface area contributed by atoms with Crippen LogP contribution in [0.1, 0.15) is 60.3 Å². The highest BCUT2D eigenvalue weighted by Crippen LogP contribution is 2.31. The van der Waals surface area contributed by atoms with Crippen LogP contribution in [0.15, 0.2) is 89.8 Å². The molecule has 206 valence electrons. The van der Waals surface area contributed by atoms with E-state index in [1.54, 1.807) is 11.9 Å². The lowest BCUT2D eigenvalue weighted by Gasteiger charge is -2.08. The van der Waals surface area contributed by atoms with Gasteiger partial charge in [0.05, 0.1) is 0 Å². The van der Waals surface area contributed by atoms with Crippen LogP contribution < -0.4 is 10.0 Å². The van der Waals surface area contributed by atoms with Gasteiger partial charge in [-0.3, -0.25) is 9.52 Å². The summed E-state index contributed by atoms with van der Waals surface area (Å²) < 4.78 is 5.80. The summed E-state index contributed by atoms with van der Waals surface area (Å²) in [5.41, 5.74) is 3.32. The number of carbonyl (C=O) groups excluding carboxylic acids is 1. The van der Waals surface area contributed by atoms with Crippen LogP contribution in [-0.4, -0.2) is 17.0 Å². The van der Waals surface area contributed by atoms with Gasteiger partial charge in [-0.1, -0.05) is 88.7 Å². The van der Waals surface area contributed by atoms with Gasteiger partial charge >= 0.3 is 0 Å². The minimum atomic E-state index is 0.0849. The second-order valence-corrected chi connectivity index (χ2v) is 9.76. The van der Waals surface area contributed by atoms with Crippen LogP contribution in [0.25, 0.3) is 32.6 Å². The molecule has 4 aromatic carbocycles. The number of unbranched alkanes of at least 4 members (excludes halogenated alkanes) is 2. The number of nitrogens with one attached hydrogen (secondary N) is 2. The van der Waals surface area contributed by atoms with E-state index in [1.165, 1.54) is 37.5 Å². The minimum Gasteiger partial charge on any atom is -0.341 e. The van der Waals surface area contributed by atoms with Crippen molar-refractivity contribution in [1.82, 2.24) is 9.29 Å². The Bertz CT molecular complexity index is 1470. The molecule has 0 saturated carbocycles. The largest absolute Gasteiger partial charge is 0.341 e. The zero-order valence-corrected chi connectivity index (χ0v) is 24.9. The monoisotopic (exact) mass is 541 g/mol. The van der Waals surface area contributed by atoms with Crippen LogP contribution in [0.5, 0.6) is 0 Å². The van der Waals surface area contributed by atoms with Crippen LogP contribution in [0.4, 0.5) is 5.69 Å². The van der Waals surface area contributed by atoms with Crippen LogP contribution in [0.2, 0.25) is 0 Å². The van der Waals surface area contributed by atoms with E-state index < -0.39 is 0 Å². The molecular formula is C34H43N3OS. The average Bonchev–Trinajstić information content (AvgIpc) is 3.31. The van der Waals surface area contributed by atoms with E-state index in [0.717, 1.165) is 38.0 Å². The van der Waals surface area contributed by atoms with Gasteiger partial charge in [0.15, 0.2) is 0 Å². The Morgan fingerprint density at radius 1 is 0.744 bits per heavy atom. The number of amides is 1. The molecule has 1 amide bonds. The van der Waals surface area contributed by atoms with E-state index in [0.29, 0.717) is 6.42 Å². The number of hydrogen-bond acceptors (Lipinski definition) is 3. The minimum absolute atomic E-state index is 0.0849. The fourth-order valence-electron chi connectivity index (χ4n) is 4.77. The Labute approximate surface area is 238 Å².